The van der Waals surface area contributed by atoms with Crippen molar-refractivity contribution in [3.05, 3.63) is 42.0 Å². The summed E-state index contributed by atoms with van der Waals surface area (Å²) in [6.07, 6.45) is 3.56. The highest BCUT2D eigenvalue weighted by atomic mass is 32.2. The first kappa shape index (κ1) is 17.2. The number of carbonyl (C=O) groups excluding carboxylic acids is 1. The highest BCUT2D eigenvalue weighted by Gasteiger charge is 2.31. The third-order valence-electron chi connectivity index (χ3n) is 3.81. The van der Waals surface area contributed by atoms with Gasteiger partial charge in [-0.15, -0.1) is 0 Å². The van der Waals surface area contributed by atoms with Gasteiger partial charge in [0.1, 0.15) is 17.1 Å². The Kier molecular flexibility index (Phi) is 4.84. The number of thioether (sulfide) groups is 1. The van der Waals surface area contributed by atoms with Crippen LogP contribution in [-0.2, 0) is 5.54 Å². The van der Waals surface area contributed by atoms with Crippen LogP contribution in [0.2, 0.25) is 0 Å². The minimum Gasteiger partial charge on any atom is -0.480 e. The largest absolute Gasteiger partial charge is 0.480 e. The van der Waals surface area contributed by atoms with E-state index in [2.05, 4.69) is 25.3 Å². The van der Waals surface area contributed by atoms with E-state index in [0.29, 0.717) is 16.9 Å². The van der Waals surface area contributed by atoms with Gasteiger partial charge in [0.05, 0.1) is 25.2 Å². The zero-order chi connectivity index (χ0) is 17.9. The lowest BCUT2D eigenvalue weighted by Crippen LogP contribution is -2.30. The maximum Gasteiger partial charge on any atom is 0.277 e. The number of rotatable bonds is 4. The third-order valence-corrected chi connectivity index (χ3v) is 4.60. The number of anilines is 1. The van der Waals surface area contributed by atoms with Gasteiger partial charge in [0.25, 0.3) is 5.91 Å². The number of aliphatic imine (C=N–C) groups is 1. The Bertz CT molecular complexity index is 811. The molecule has 1 aliphatic heterocycles. The molecule has 0 bridgehead atoms. The van der Waals surface area contributed by atoms with E-state index in [-0.39, 0.29) is 5.69 Å². The van der Waals surface area contributed by atoms with Crippen LogP contribution in [0.25, 0.3) is 0 Å². The molecule has 130 valence electrons. The average molecular weight is 358 g/mol. The fourth-order valence-electron chi connectivity index (χ4n) is 2.39. The number of nitrogens with one attached hydrogen (secondary N) is 1. The molecule has 0 radical (unpaired) electrons. The summed E-state index contributed by atoms with van der Waals surface area (Å²) in [5, 5.41) is 3.28. The Labute approximate surface area is 149 Å². The Hall–Kier alpha value is -2.68. The van der Waals surface area contributed by atoms with E-state index >= 15 is 0 Å². The fraction of sp³-hybridized carbons (Fsp3) is 0.312. The zero-order valence-corrected chi connectivity index (χ0v) is 14.7. The van der Waals surface area contributed by atoms with Gasteiger partial charge in [0, 0.05) is 5.75 Å². The molecule has 2 aromatic rings. The van der Waals surface area contributed by atoms with Gasteiger partial charge in [-0.2, -0.15) is 0 Å². The van der Waals surface area contributed by atoms with Crippen LogP contribution in [0.3, 0.4) is 0 Å². The Balaban J connectivity index is 1.79. The number of aromatic nitrogens is 3. The van der Waals surface area contributed by atoms with Crippen molar-refractivity contribution in [2.24, 2.45) is 10.7 Å². The second-order valence-corrected chi connectivity index (χ2v) is 6.74. The molecule has 0 fully saturated rings. The second kappa shape index (κ2) is 7.06. The van der Waals surface area contributed by atoms with Crippen molar-refractivity contribution >= 4 is 28.7 Å². The molecule has 25 heavy (non-hydrogen) atoms. The van der Waals surface area contributed by atoms with Crippen LogP contribution in [-0.4, -0.2) is 38.9 Å². The molecule has 3 heterocycles. The molecule has 1 atom stereocenters. The van der Waals surface area contributed by atoms with E-state index in [1.807, 2.05) is 19.1 Å². The quantitative estimate of drug-likeness (QED) is 0.856. The molecule has 0 saturated carbocycles. The van der Waals surface area contributed by atoms with Crippen LogP contribution in [0.1, 0.15) is 29.5 Å². The lowest BCUT2D eigenvalue weighted by atomic mass is 9.94. The summed E-state index contributed by atoms with van der Waals surface area (Å²) in [5.74, 6) is 1.25. The summed E-state index contributed by atoms with van der Waals surface area (Å²) in [6.45, 7) is 1.99. The first-order chi connectivity index (χ1) is 12.0. The standard InChI is InChI=1S/C16H18N6O2S/c1-16(6-7-25-15(17)22-16)11-4-3-5-12(20-11)21-14(23)10-8-19-13(24-2)9-18-10/h3-5,8-9H,6-7H2,1-2H3,(H2,17,22)(H,20,21,23)/t16-/m0/s1. The average Bonchev–Trinajstić information content (AvgIpc) is 2.62. The van der Waals surface area contributed by atoms with Gasteiger partial charge in [-0.1, -0.05) is 17.8 Å². The number of hydrogen-bond donors (Lipinski definition) is 2. The number of methoxy groups -OCH3 is 1. The molecule has 0 spiro atoms. The van der Waals surface area contributed by atoms with Gasteiger partial charge in [-0.05, 0) is 25.5 Å². The number of amidine groups is 1. The van der Waals surface area contributed by atoms with Gasteiger partial charge >= 0.3 is 0 Å². The van der Waals surface area contributed by atoms with E-state index < -0.39 is 11.4 Å². The van der Waals surface area contributed by atoms with Gasteiger partial charge in [-0.25, -0.2) is 19.9 Å². The van der Waals surface area contributed by atoms with Crippen molar-refractivity contribution < 1.29 is 9.53 Å². The van der Waals surface area contributed by atoms with Crippen molar-refractivity contribution in [3.8, 4) is 5.88 Å². The lowest BCUT2D eigenvalue weighted by molar-refractivity contribution is 0.102. The predicted octanol–water partition coefficient (Wildman–Crippen LogP) is 1.80. The van der Waals surface area contributed by atoms with E-state index in [9.17, 15) is 4.79 Å². The first-order valence-electron chi connectivity index (χ1n) is 7.63. The van der Waals surface area contributed by atoms with E-state index in [1.165, 1.54) is 31.3 Å². The van der Waals surface area contributed by atoms with Crippen LogP contribution in [0.15, 0.2) is 35.6 Å². The summed E-state index contributed by atoms with van der Waals surface area (Å²) in [6, 6.07) is 5.43. The molecule has 0 aliphatic carbocycles. The zero-order valence-electron chi connectivity index (χ0n) is 13.9. The molecule has 8 nitrogen and oxygen atoms in total. The topological polar surface area (TPSA) is 115 Å². The van der Waals surface area contributed by atoms with E-state index in [4.69, 9.17) is 10.5 Å². The van der Waals surface area contributed by atoms with Crippen molar-refractivity contribution in [2.45, 2.75) is 18.9 Å². The number of pyridine rings is 1. The molecular formula is C16H18N6O2S. The lowest BCUT2D eigenvalue weighted by Gasteiger charge is -2.28. The minimum atomic E-state index is -0.490. The van der Waals surface area contributed by atoms with Crippen LogP contribution in [0, 0.1) is 0 Å². The summed E-state index contributed by atoms with van der Waals surface area (Å²) in [4.78, 5) is 29.3. The van der Waals surface area contributed by atoms with Gasteiger partial charge < -0.3 is 15.8 Å². The Morgan fingerprint density at radius 3 is 2.88 bits per heavy atom. The minimum absolute atomic E-state index is 0.176. The molecular weight excluding hydrogens is 340 g/mol. The maximum absolute atomic E-state index is 12.3. The number of nitrogens with two attached hydrogens (primary N) is 1. The van der Waals surface area contributed by atoms with Gasteiger partial charge in [-0.3, -0.25) is 4.79 Å². The Morgan fingerprint density at radius 1 is 1.36 bits per heavy atom. The normalized spacial score (nSPS) is 19.8. The molecule has 0 unspecified atom stereocenters. The molecule has 1 aliphatic rings. The smallest absolute Gasteiger partial charge is 0.277 e. The summed E-state index contributed by atoms with van der Waals surface area (Å²) in [7, 11) is 1.48. The van der Waals surface area contributed by atoms with Gasteiger partial charge in [0.15, 0.2) is 5.17 Å². The van der Waals surface area contributed by atoms with E-state index in [1.54, 1.807) is 6.07 Å². The third kappa shape index (κ3) is 3.87. The second-order valence-electron chi connectivity index (χ2n) is 5.63. The summed E-state index contributed by atoms with van der Waals surface area (Å²) < 4.78 is 4.93. The summed E-state index contributed by atoms with van der Waals surface area (Å²) in [5.41, 5.74) is 6.30. The molecule has 3 rings (SSSR count). The molecule has 2 aromatic heterocycles. The monoisotopic (exact) mass is 358 g/mol. The number of hydrogen-bond acceptors (Lipinski definition) is 8. The molecule has 1 amide bonds. The number of carbonyl (C=O) groups is 1. The van der Waals surface area contributed by atoms with Crippen molar-refractivity contribution in [1.82, 2.24) is 15.0 Å². The highest BCUT2D eigenvalue weighted by molar-refractivity contribution is 8.13. The number of nitrogens with zero attached hydrogens (tertiary/aromatic N) is 4. The fourth-order valence-corrected chi connectivity index (χ4v) is 3.37. The molecule has 9 heteroatoms. The molecule has 0 saturated heterocycles. The first-order valence-corrected chi connectivity index (χ1v) is 8.62. The maximum atomic E-state index is 12.3. The van der Waals surface area contributed by atoms with Crippen LogP contribution in [0.5, 0.6) is 5.88 Å². The SMILES string of the molecule is COc1cnc(C(=O)Nc2cccc([C@]3(C)CCSC(N)=N3)n2)cn1. The van der Waals surface area contributed by atoms with Crippen molar-refractivity contribution in [3.63, 3.8) is 0 Å². The van der Waals surface area contributed by atoms with Crippen LogP contribution < -0.4 is 15.8 Å². The Morgan fingerprint density at radius 2 is 2.20 bits per heavy atom. The molecule has 3 N–H and O–H groups in total. The van der Waals surface area contributed by atoms with Crippen molar-refractivity contribution in [2.75, 3.05) is 18.2 Å². The number of amides is 1. The summed E-state index contributed by atoms with van der Waals surface area (Å²) >= 11 is 1.53. The van der Waals surface area contributed by atoms with Crippen LogP contribution in [0.4, 0.5) is 5.82 Å². The number of ether oxygens (including phenoxy) is 1. The van der Waals surface area contributed by atoms with Gasteiger partial charge in [0.2, 0.25) is 5.88 Å². The van der Waals surface area contributed by atoms with Crippen molar-refractivity contribution in [1.29, 1.82) is 0 Å². The van der Waals surface area contributed by atoms with E-state index in [0.717, 1.165) is 17.9 Å². The molecule has 0 aromatic carbocycles. The highest BCUT2D eigenvalue weighted by Crippen LogP contribution is 2.34. The predicted molar refractivity (Wildman–Crippen MR) is 96.8 cm³/mol. The van der Waals surface area contributed by atoms with Crippen LogP contribution >= 0.6 is 11.8 Å².